The number of alkyl halides is 3. The highest BCUT2D eigenvalue weighted by Gasteiger charge is 2.48. The Hall–Kier alpha value is -0.790. The van der Waals surface area contributed by atoms with Crippen molar-refractivity contribution in [2.45, 2.75) is 32.2 Å². The van der Waals surface area contributed by atoms with E-state index in [9.17, 15) is 26.4 Å². The standard InChI is InChI=1S/C9H15F3O4S/c1-5(2)6(3)17(15,16)4-7(8(13)14)9(10,11)12/h5-7H,4H2,1-3H3,(H,13,14). The molecule has 0 bridgehead atoms. The highest BCUT2D eigenvalue weighted by Crippen LogP contribution is 2.29. The van der Waals surface area contributed by atoms with Crippen LogP contribution < -0.4 is 0 Å². The van der Waals surface area contributed by atoms with Crippen LogP contribution in [-0.4, -0.2) is 36.7 Å². The fourth-order valence-electron chi connectivity index (χ4n) is 1.10. The highest BCUT2D eigenvalue weighted by atomic mass is 32.2. The van der Waals surface area contributed by atoms with Gasteiger partial charge >= 0.3 is 12.1 Å². The van der Waals surface area contributed by atoms with Crippen molar-refractivity contribution in [2.75, 3.05) is 5.75 Å². The van der Waals surface area contributed by atoms with E-state index in [2.05, 4.69) is 0 Å². The molecular formula is C9H15F3O4S. The Kier molecular flexibility index (Phi) is 5.00. The summed E-state index contributed by atoms with van der Waals surface area (Å²) in [7, 11) is -4.09. The van der Waals surface area contributed by atoms with E-state index in [-0.39, 0.29) is 5.92 Å². The Labute approximate surface area is 97.7 Å². The van der Waals surface area contributed by atoms with Crippen molar-refractivity contribution in [3.05, 3.63) is 0 Å². The number of carbonyl (C=O) groups is 1. The van der Waals surface area contributed by atoms with E-state index in [4.69, 9.17) is 5.11 Å². The lowest BCUT2D eigenvalue weighted by Crippen LogP contribution is -2.39. The van der Waals surface area contributed by atoms with Gasteiger partial charge in [0.1, 0.15) is 0 Å². The molecule has 0 radical (unpaired) electrons. The van der Waals surface area contributed by atoms with Gasteiger partial charge in [-0.25, -0.2) is 8.42 Å². The third-order valence-corrected chi connectivity index (χ3v) is 5.07. The monoisotopic (exact) mass is 276 g/mol. The molecule has 4 nitrogen and oxygen atoms in total. The van der Waals surface area contributed by atoms with E-state index in [0.29, 0.717) is 0 Å². The third-order valence-electron chi connectivity index (χ3n) is 2.60. The fraction of sp³-hybridized carbons (Fsp3) is 0.889. The first-order chi connectivity index (χ1) is 7.39. The summed E-state index contributed by atoms with van der Waals surface area (Å²) in [6, 6.07) is 0. The fourth-order valence-corrected chi connectivity index (χ4v) is 3.03. The SMILES string of the molecule is CC(C)C(C)S(=O)(=O)CC(C(=O)O)C(F)(F)F. The summed E-state index contributed by atoms with van der Waals surface area (Å²) in [4.78, 5) is 10.4. The lowest BCUT2D eigenvalue weighted by atomic mass is 10.1. The molecule has 0 amide bonds. The van der Waals surface area contributed by atoms with Gasteiger partial charge in [-0.3, -0.25) is 4.79 Å². The molecule has 0 aliphatic heterocycles. The smallest absolute Gasteiger partial charge is 0.403 e. The van der Waals surface area contributed by atoms with Crippen molar-refractivity contribution in [3.8, 4) is 0 Å². The second-order valence-electron chi connectivity index (χ2n) is 4.21. The van der Waals surface area contributed by atoms with Gasteiger partial charge in [-0.2, -0.15) is 13.2 Å². The molecule has 1 N–H and O–H groups in total. The van der Waals surface area contributed by atoms with Crippen LogP contribution in [-0.2, 0) is 14.6 Å². The van der Waals surface area contributed by atoms with Crippen molar-refractivity contribution >= 4 is 15.8 Å². The van der Waals surface area contributed by atoms with Gasteiger partial charge < -0.3 is 5.11 Å². The van der Waals surface area contributed by atoms with E-state index in [1.807, 2.05) is 0 Å². The van der Waals surface area contributed by atoms with E-state index in [1.165, 1.54) is 6.92 Å². The van der Waals surface area contributed by atoms with Crippen LogP contribution in [0.15, 0.2) is 0 Å². The molecule has 8 heteroatoms. The Morgan fingerprint density at radius 1 is 1.24 bits per heavy atom. The van der Waals surface area contributed by atoms with Gasteiger partial charge in [-0.1, -0.05) is 13.8 Å². The summed E-state index contributed by atoms with van der Waals surface area (Å²) in [6.07, 6.45) is -5.06. The zero-order chi connectivity index (χ0) is 14.0. The quantitative estimate of drug-likeness (QED) is 0.829. The first kappa shape index (κ1) is 16.2. The predicted octanol–water partition coefficient (Wildman–Crippen LogP) is 1.71. The number of rotatable bonds is 5. The number of halogens is 3. The zero-order valence-electron chi connectivity index (χ0n) is 9.65. The maximum absolute atomic E-state index is 12.3. The van der Waals surface area contributed by atoms with Crippen molar-refractivity contribution < 1.29 is 31.5 Å². The lowest BCUT2D eigenvalue weighted by molar-refractivity contribution is -0.189. The average Bonchev–Trinajstić information content (AvgIpc) is 2.10. The van der Waals surface area contributed by atoms with Crippen LogP contribution in [0.3, 0.4) is 0 Å². The minimum atomic E-state index is -5.06. The van der Waals surface area contributed by atoms with Crippen LogP contribution in [0.1, 0.15) is 20.8 Å². The molecule has 2 atom stereocenters. The van der Waals surface area contributed by atoms with Crippen molar-refractivity contribution in [1.29, 1.82) is 0 Å². The molecule has 0 aliphatic rings. The second-order valence-corrected chi connectivity index (χ2v) is 6.61. The van der Waals surface area contributed by atoms with Crippen LogP contribution in [0.25, 0.3) is 0 Å². The van der Waals surface area contributed by atoms with Crippen molar-refractivity contribution in [3.63, 3.8) is 0 Å². The van der Waals surface area contributed by atoms with Gasteiger partial charge in [0, 0.05) is 0 Å². The molecule has 0 aliphatic carbocycles. The molecule has 102 valence electrons. The molecule has 0 aromatic rings. The van der Waals surface area contributed by atoms with Crippen molar-refractivity contribution in [1.82, 2.24) is 0 Å². The number of sulfone groups is 1. The summed E-state index contributed by atoms with van der Waals surface area (Å²) in [5.41, 5.74) is 0. The number of hydrogen-bond donors (Lipinski definition) is 1. The number of hydrogen-bond acceptors (Lipinski definition) is 3. The molecule has 2 unspecified atom stereocenters. The van der Waals surface area contributed by atoms with E-state index >= 15 is 0 Å². The molecule has 0 aromatic carbocycles. The normalized spacial score (nSPS) is 16.9. The largest absolute Gasteiger partial charge is 0.481 e. The van der Waals surface area contributed by atoms with Crippen LogP contribution in [0.4, 0.5) is 13.2 Å². The predicted molar refractivity (Wildman–Crippen MR) is 55.3 cm³/mol. The maximum atomic E-state index is 12.3. The lowest BCUT2D eigenvalue weighted by Gasteiger charge is -2.21. The Morgan fingerprint density at radius 3 is 1.88 bits per heavy atom. The molecule has 0 fully saturated rings. The third kappa shape index (κ3) is 4.53. The zero-order valence-corrected chi connectivity index (χ0v) is 10.5. The number of carboxylic acids is 1. The van der Waals surface area contributed by atoms with Gasteiger partial charge in [0.2, 0.25) is 0 Å². The Balaban J connectivity index is 5.10. The summed E-state index contributed by atoms with van der Waals surface area (Å²) >= 11 is 0. The molecule has 0 saturated heterocycles. The maximum Gasteiger partial charge on any atom is 0.403 e. The first-order valence-electron chi connectivity index (χ1n) is 4.90. The Bertz CT molecular complexity index is 372. The van der Waals surface area contributed by atoms with Crippen LogP contribution in [0.2, 0.25) is 0 Å². The van der Waals surface area contributed by atoms with Gasteiger partial charge in [-0.05, 0) is 12.8 Å². The van der Waals surface area contributed by atoms with Gasteiger partial charge in [0.25, 0.3) is 0 Å². The topological polar surface area (TPSA) is 71.4 Å². The molecule has 0 rings (SSSR count). The highest BCUT2D eigenvalue weighted by molar-refractivity contribution is 7.92. The number of aliphatic carboxylic acids is 1. The summed E-state index contributed by atoms with van der Waals surface area (Å²) in [5, 5.41) is 7.40. The van der Waals surface area contributed by atoms with Crippen LogP contribution >= 0.6 is 0 Å². The minimum Gasteiger partial charge on any atom is -0.481 e. The first-order valence-corrected chi connectivity index (χ1v) is 6.62. The van der Waals surface area contributed by atoms with E-state index < -0.39 is 38.9 Å². The molecule has 0 aromatic heterocycles. The molecular weight excluding hydrogens is 261 g/mol. The van der Waals surface area contributed by atoms with Crippen molar-refractivity contribution in [2.24, 2.45) is 11.8 Å². The van der Waals surface area contributed by atoms with E-state index in [1.54, 1.807) is 13.8 Å². The van der Waals surface area contributed by atoms with Crippen LogP contribution in [0.5, 0.6) is 0 Å². The summed E-state index contributed by atoms with van der Waals surface area (Å²) in [6.45, 7) is 4.37. The summed E-state index contributed by atoms with van der Waals surface area (Å²) < 4.78 is 60.1. The summed E-state index contributed by atoms with van der Waals surface area (Å²) in [5.74, 6) is -6.82. The minimum absolute atomic E-state index is 0.373. The molecule has 0 spiro atoms. The molecule has 17 heavy (non-hydrogen) atoms. The van der Waals surface area contributed by atoms with E-state index in [0.717, 1.165) is 0 Å². The van der Waals surface area contributed by atoms with Gasteiger partial charge in [0.15, 0.2) is 15.8 Å². The molecule has 0 saturated carbocycles. The molecule has 0 heterocycles. The van der Waals surface area contributed by atoms with Gasteiger partial charge in [-0.15, -0.1) is 0 Å². The van der Waals surface area contributed by atoms with Gasteiger partial charge in [0.05, 0.1) is 11.0 Å². The average molecular weight is 276 g/mol. The second kappa shape index (κ2) is 5.24. The Morgan fingerprint density at radius 2 is 1.65 bits per heavy atom. The van der Waals surface area contributed by atoms with Crippen LogP contribution in [0, 0.1) is 11.8 Å². The number of carboxylic acid groups (broad SMARTS) is 1.